The van der Waals surface area contributed by atoms with E-state index in [9.17, 15) is 14.4 Å². The van der Waals surface area contributed by atoms with Crippen molar-refractivity contribution in [1.82, 2.24) is 15.1 Å². The fourth-order valence-electron chi connectivity index (χ4n) is 2.70. The van der Waals surface area contributed by atoms with Gasteiger partial charge in [-0.15, -0.1) is 5.10 Å². The second-order valence-corrected chi connectivity index (χ2v) is 6.63. The molecule has 0 aliphatic heterocycles. The summed E-state index contributed by atoms with van der Waals surface area (Å²) >= 11 is 0. The maximum atomic E-state index is 12.4. The highest BCUT2D eigenvalue weighted by atomic mass is 16.5. The van der Waals surface area contributed by atoms with Gasteiger partial charge in [-0.05, 0) is 44.4 Å². The van der Waals surface area contributed by atoms with Gasteiger partial charge in [0.25, 0.3) is 11.8 Å². The van der Waals surface area contributed by atoms with Gasteiger partial charge in [0.1, 0.15) is 5.82 Å². The number of rotatable bonds is 8. The Labute approximate surface area is 166 Å². The Bertz CT molecular complexity index is 964. The first-order valence-corrected chi connectivity index (χ1v) is 9.13. The number of carboxylic acid groups (broad SMARTS) is 1. The van der Waals surface area contributed by atoms with E-state index in [1.807, 2.05) is 0 Å². The number of aromatic nitrogens is 2. The van der Waals surface area contributed by atoms with Crippen molar-refractivity contribution in [2.45, 2.75) is 32.7 Å². The number of carboxylic acids is 1. The van der Waals surface area contributed by atoms with Gasteiger partial charge < -0.3 is 25.6 Å². The predicted octanol–water partition coefficient (Wildman–Crippen LogP) is 1.30. The van der Waals surface area contributed by atoms with Gasteiger partial charge in [-0.3, -0.25) is 4.79 Å². The van der Waals surface area contributed by atoms with Crippen LogP contribution in [0.15, 0.2) is 18.2 Å². The molecule has 0 bridgehead atoms. The summed E-state index contributed by atoms with van der Waals surface area (Å²) in [4.78, 5) is 35.6. The molecule has 3 rings (SSSR count). The summed E-state index contributed by atoms with van der Waals surface area (Å²) in [5.41, 5.74) is 7.58. The second-order valence-electron chi connectivity index (χ2n) is 6.63. The standard InChI is InChI=1S/C19H22N4O6/c1-3-28-19(27)15-16(20)23(22-18(15)29-9-14(24)25)13-8-11(5-4-10(13)2)17(26)21-12-6-7-12/h4-5,8,12H,3,6-7,9,20H2,1-2H3,(H,21,26)(H,24,25). The van der Waals surface area contributed by atoms with Gasteiger partial charge >= 0.3 is 11.9 Å². The summed E-state index contributed by atoms with van der Waals surface area (Å²) in [7, 11) is 0. The highest BCUT2D eigenvalue weighted by molar-refractivity contribution is 5.98. The molecule has 4 N–H and O–H groups in total. The minimum atomic E-state index is -1.23. The lowest BCUT2D eigenvalue weighted by Crippen LogP contribution is -2.25. The lowest BCUT2D eigenvalue weighted by Gasteiger charge is -2.11. The molecule has 29 heavy (non-hydrogen) atoms. The van der Waals surface area contributed by atoms with Crippen LogP contribution in [0.1, 0.15) is 46.0 Å². The number of carbonyl (C=O) groups is 3. The SMILES string of the molecule is CCOC(=O)c1c(OCC(=O)O)nn(-c2cc(C(=O)NC3CC3)ccc2C)c1N. The number of aliphatic carboxylic acids is 1. The molecule has 0 unspecified atom stereocenters. The second kappa shape index (κ2) is 8.21. The van der Waals surface area contributed by atoms with Crippen molar-refractivity contribution < 1.29 is 29.0 Å². The first-order chi connectivity index (χ1) is 13.8. The molecule has 1 amide bonds. The number of nitrogens with one attached hydrogen (secondary N) is 1. The fourth-order valence-corrected chi connectivity index (χ4v) is 2.70. The van der Waals surface area contributed by atoms with Gasteiger partial charge in [-0.1, -0.05) is 6.07 Å². The molecule has 1 heterocycles. The summed E-state index contributed by atoms with van der Waals surface area (Å²) in [5.74, 6) is -2.56. The molecule has 0 radical (unpaired) electrons. The van der Waals surface area contributed by atoms with Crippen LogP contribution in [-0.4, -0.2) is 52.0 Å². The van der Waals surface area contributed by atoms with Crippen molar-refractivity contribution in [3.63, 3.8) is 0 Å². The molecule has 1 aliphatic carbocycles. The van der Waals surface area contributed by atoms with Crippen molar-refractivity contribution in [3.8, 4) is 11.6 Å². The molecule has 0 saturated heterocycles. The first-order valence-electron chi connectivity index (χ1n) is 9.13. The number of amides is 1. The number of nitrogen functional groups attached to an aromatic ring is 1. The third-order valence-electron chi connectivity index (χ3n) is 4.31. The van der Waals surface area contributed by atoms with Gasteiger partial charge in [0.2, 0.25) is 0 Å². The monoisotopic (exact) mass is 402 g/mol. The smallest absolute Gasteiger partial charge is 0.347 e. The number of esters is 1. The van der Waals surface area contributed by atoms with Crippen LogP contribution in [0.3, 0.4) is 0 Å². The number of hydrogen-bond acceptors (Lipinski definition) is 7. The number of anilines is 1. The van der Waals surface area contributed by atoms with E-state index in [-0.39, 0.29) is 35.8 Å². The molecule has 1 saturated carbocycles. The van der Waals surface area contributed by atoms with Gasteiger partial charge in [-0.2, -0.15) is 0 Å². The Balaban J connectivity index is 2.02. The molecule has 0 spiro atoms. The number of ether oxygens (including phenoxy) is 2. The van der Waals surface area contributed by atoms with E-state index in [2.05, 4.69) is 10.4 Å². The zero-order chi connectivity index (χ0) is 21.1. The van der Waals surface area contributed by atoms with E-state index in [4.69, 9.17) is 20.3 Å². The summed E-state index contributed by atoms with van der Waals surface area (Å²) in [6.45, 7) is 2.81. The molecular formula is C19H22N4O6. The fraction of sp³-hybridized carbons (Fsp3) is 0.368. The molecule has 1 aromatic carbocycles. The van der Waals surface area contributed by atoms with E-state index in [0.717, 1.165) is 18.4 Å². The van der Waals surface area contributed by atoms with Crippen LogP contribution in [0.2, 0.25) is 0 Å². The number of nitrogens with two attached hydrogens (primary N) is 1. The van der Waals surface area contributed by atoms with Crippen molar-refractivity contribution in [2.24, 2.45) is 0 Å². The zero-order valence-corrected chi connectivity index (χ0v) is 16.1. The Hall–Kier alpha value is -3.56. The highest BCUT2D eigenvalue weighted by Crippen LogP contribution is 2.29. The van der Waals surface area contributed by atoms with Crippen LogP contribution in [-0.2, 0) is 9.53 Å². The Morgan fingerprint density at radius 2 is 2.07 bits per heavy atom. The molecule has 10 nitrogen and oxygen atoms in total. The molecule has 0 atom stereocenters. The van der Waals surface area contributed by atoms with E-state index >= 15 is 0 Å². The lowest BCUT2D eigenvalue weighted by atomic mass is 10.1. The Morgan fingerprint density at radius 1 is 1.34 bits per heavy atom. The van der Waals surface area contributed by atoms with Crippen LogP contribution in [0.5, 0.6) is 5.88 Å². The minimum absolute atomic E-state index is 0.0771. The van der Waals surface area contributed by atoms with Crippen LogP contribution >= 0.6 is 0 Å². The summed E-state index contributed by atoms with van der Waals surface area (Å²) in [5, 5.41) is 15.9. The molecule has 1 fully saturated rings. The predicted molar refractivity (Wildman–Crippen MR) is 102 cm³/mol. The van der Waals surface area contributed by atoms with E-state index in [1.165, 1.54) is 4.68 Å². The summed E-state index contributed by atoms with van der Waals surface area (Å²) in [6, 6.07) is 5.23. The average Bonchev–Trinajstić information content (AvgIpc) is 3.42. The molecular weight excluding hydrogens is 380 g/mol. The number of hydrogen-bond donors (Lipinski definition) is 3. The van der Waals surface area contributed by atoms with E-state index < -0.39 is 18.5 Å². The summed E-state index contributed by atoms with van der Waals surface area (Å²) in [6.07, 6.45) is 1.92. The summed E-state index contributed by atoms with van der Waals surface area (Å²) < 4.78 is 11.4. The third-order valence-corrected chi connectivity index (χ3v) is 4.31. The maximum Gasteiger partial charge on any atom is 0.347 e. The molecule has 10 heteroatoms. The minimum Gasteiger partial charge on any atom is -0.479 e. The van der Waals surface area contributed by atoms with Crippen LogP contribution in [0.4, 0.5) is 5.82 Å². The third kappa shape index (κ3) is 4.48. The molecule has 1 aromatic heterocycles. The highest BCUT2D eigenvalue weighted by Gasteiger charge is 2.28. The lowest BCUT2D eigenvalue weighted by molar-refractivity contribution is -0.139. The number of carbonyl (C=O) groups excluding carboxylic acids is 2. The van der Waals surface area contributed by atoms with E-state index in [1.54, 1.807) is 32.0 Å². The van der Waals surface area contributed by atoms with Crippen molar-refractivity contribution in [2.75, 3.05) is 18.9 Å². The largest absolute Gasteiger partial charge is 0.479 e. The van der Waals surface area contributed by atoms with Crippen molar-refractivity contribution >= 4 is 23.7 Å². The topological polar surface area (TPSA) is 146 Å². The average molecular weight is 402 g/mol. The zero-order valence-electron chi connectivity index (χ0n) is 16.1. The van der Waals surface area contributed by atoms with Gasteiger partial charge in [-0.25, -0.2) is 14.3 Å². The van der Waals surface area contributed by atoms with Crippen molar-refractivity contribution in [3.05, 3.63) is 34.9 Å². The number of benzene rings is 1. The van der Waals surface area contributed by atoms with Crippen LogP contribution in [0.25, 0.3) is 5.69 Å². The van der Waals surface area contributed by atoms with Crippen molar-refractivity contribution in [1.29, 1.82) is 0 Å². The Kier molecular flexibility index (Phi) is 5.71. The van der Waals surface area contributed by atoms with E-state index in [0.29, 0.717) is 11.3 Å². The number of aryl methyl sites for hydroxylation is 1. The van der Waals surface area contributed by atoms with Gasteiger partial charge in [0, 0.05) is 11.6 Å². The van der Waals surface area contributed by atoms with Crippen LogP contribution < -0.4 is 15.8 Å². The number of nitrogens with zero attached hydrogens (tertiary/aromatic N) is 2. The van der Waals surface area contributed by atoms with Gasteiger partial charge in [0.15, 0.2) is 12.2 Å². The van der Waals surface area contributed by atoms with Gasteiger partial charge in [0.05, 0.1) is 12.3 Å². The first kappa shape index (κ1) is 20.2. The maximum absolute atomic E-state index is 12.4. The van der Waals surface area contributed by atoms with Crippen LogP contribution in [0, 0.1) is 6.92 Å². The molecule has 1 aliphatic rings. The molecule has 2 aromatic rings. The normalized spacial score (nSPS) is 13.0. The Morgan fingerprint density at radius 3 is 2.69 bits per heavy atom. The quantitative estimate of drug-likeness (QED) is 0.560. The molecule has 154 valence electrons.